The van der Waals surface area contributed by atoms with Crippen molar-refractivity contribution in [1.29, 1.82) is 0 Å². The molecule has 0 unspecified atom stereocenters. The van der Waals surface area contributed by atoms with Gasteiger partial charge in [-0.2, -0.15) is 0 Å². The maximum atomic E-state index is 12.0. The van der Waals surface area contributed by atoms with Gasteiger partial charge in [0.2, 0.25) is 11.7 Å². The molecule has 0 spiro atoms. The predicted octanol–water partition coefficient (Wildman–Crippen LogP) is 0.137. The second-order valence-electron chi connectivity index (χ2n) is 6.30. The molecule has 12 heteroatoms. The first kappa shape index (κ1) is 25.4. The number of rotatable bonds is 8. The van der Waals surface area contributed by atoms with Crippen LogP contribution >= 0.6 is 15.9 Å². The van der Waals surface area contributed by atoms with Crippen molar-refractivity contribution in [1.82, 2.24) is 5.32 Å². The van der Waals surface area contributed by atoms with Crippen molar-refractivity contribution in [2.45, 2.75) is 56.9 Å². The molecule has 1 aliphatic rings. The normalized spacial score (nSPS) is 22.3. The van der Waals surface area contributed by atoms with Crippen molar-refractivity contribution in [3.8, 4) is 0 Å². The Balaban J connectivity index is 3.41. The van der Waals surface area contributed by atoms with E-state index in [2.05, 4.69) is 26.0 Å². The molecule has 0 aromatic carbocycles. The lowest BCUT2D eigenvalue weighted by molar-refractivity contribution is -0.187. The number of carbonyl (C=O) groups excluding carboxylic acids is 5. The Morgan fingerprint density at radius 2 is 1.67 bits per heavy atom. The predicted molar refractivity (Wildman–Crippen MR) is 103 cm³/mol. The molecule has 1 rings (SSSR count). The minimum absolute atomic E-state index is 0.211. The molecule has 11 nitrogen and oxygen atoms in total. The number of esters is 4. The van der Waals surface area contributed by atoms with Crippen LogP contribution in [0.2, 0.25) is 0 Å². The van der Waals surface area contributed by atoms with E-state index in [9.17, 15) is 24.0 Å². The Hall–Kier alpha value is -2.63. The molecule has 1 amide bonds. The van der Waals surface area contributed by atoms with E-state index < -0.39 is 65.6 Å². The number of hydrogen-bond acceptors (Lipinski definition) is 10. The number of ether oxygens (including phenoxy) is 5. The lowest BCUT2D eigenvalue weighted by Crippen LogP contribution is -2.60. The maximum Gasteiger partial charge on any atom is 0.373 e. The Morgan fingerprint density at radius 1 is 1.07 bits per heavy atom. The van der Waals surface area contributed by atoms with Crippen LogP contribution in [0.15, 0.2) is 11.8 Å². The zero-order valence-electron chi connectivity index (χ0n) is 17.1. The van der Waals surface area contributed by atoms with Gasteiger partial charge in [-0.3, -0.25) is 19.2 Å². The van der Waals surface area contributed by atoms with Gasteiger partial charge in [0.05, 0.1) is 18.0 Å². The van der Waals surface area contributed by atoms with Crippen molar-refractivity contribution >= 4 is 45.7 Å². The van der Waals surface area contributed by atoms with Gasteiger partial charge in [0.1, 0.15) is 6.61 Å². The first-order valence-corrected chi connectivity index (χ1v) is 9.73. The van der Waals surface area contributed by atoms with Crippen LogP contribution in [-0.4, -0.2) is 72.7 Å². The summed E-state index contributed by atoms with van der Waals surface area (Å²) >= 11 is 3.35. The zero-order valence-corrected chi connectivity index (χ0v) is 18.7. The Labute approximate surface area is 181 Å². The molecule has 0 aromatic heterocycles. The summed E-state index contributed by atoms with van der Waals surface area (Å²) in [5, 5.41) is 2.64. The minimum Gasteiger partial charge on any atom is -0.477 e. The monoisotopic (exact) mass is 493 g/mol. The van der Waals surface area contributed by atoms with E-state index in [1.165, 1.54) is 13.0 Å². The lowest BCUT2D eigenvalue weighted by atomic mass is 9.95. The summed E-state index contributed by atoms with van der Waals surface area (Å²) in [5.41, 5.74) is 0. The Kier molecular flexibility index (Phi) is 9.76. The molecule has 0 aliphatic carbocycles. The highest BCUT2D eigenvalue weighted by Crippen LogP contribution is 2.29. The highest BCUT2D eigenvalue weighted by Gasteiger charge is 2.47. The molecule has 1 N–H and O–H groups in total. The number of nitrogens with one attached hydrogen (secondary N) is 1. The second-order valence-corrected chi connectivity index (χ2v) is 7.36. The van der Waals surface area contributed by atoms with Gasteiger partial charge in [0.15, 0.2) is 18.3 Å². The Bertz CT molecular complexity index is 722. The first-order valence-electron chi connectivity index (χ1n) is 8.82. The standard InChI is InChI=1S/C18H24BrNO10/c1-8(21)20-15-12(19)6-13(18(25)26-5)30-17(15)16(29-11(4)24)14(28-10(3)23)7-27-9(2)22/h6,12,14-17H,7H2,1-5H3,(H,20,21)/t12-,14+,15+,16+,17+/m0/s1. The number of hydrogen-bond donors (Lipinski definition) is 1. The van der Waals surface area contributed by atoms with Crippen molar-refractivity contribution in [3.63, 3.8) is 0 Å². The molecule has 0 saturated carbocycles. The third-order valence-electron chi connectivity index (χ3n) is 3.79. The molecule has 5 atom stereocenters. The SMILES string of the molecule is COC(=O)C1=C[C@H](Br)[C@@H](NC(C)=O)[C@H]([C@H](OC(C)=O)[C@@H](COC(C)=O)OC(C)=O)O1. The minimum atomic E-state index is -1.35. The third kappa shape index (κ3) is 7.65. The molecule has 30 heavy (non-hydrogen) atoms. The fraction of sp³-hybridized carbons (Fsp3) is 0.611. The Morgan fingerprint density at radius 3 is 2.13 bits per heavy atom. The average molecular weight is 494 g/mol. The molecule has 0 fully saturated rings. The molecule has 0 saturated heterocycles. The van der Waals surface area contributed by atoms with Gasteiger partial charge in [-0.1, -0.05) is 15.9 Å². The van der Waals surface area contributed by atoms with Gasteiger partial charge in [0.25, 0.3) is 0 Å². The van der Waals surface area contributed by atoms with Crippen molar-refractivity contribution < 1.29 is 47.7 Å². The molecular formula is C18H24BrNO10. The topological polar surface area (TPSA) is 144 Å². The van der Waals surface area contributed by atoms with Gasteiger partial charge in [-0.15, -0.1) is 0 Å². The second kappa shape index (κ2) is 11.5. The summed E-state index contributed by atoms with van der Waals surface area (Å²) in [6.45, 7) is 4.19. The zero-order chi connectivity index (χ0) is 23.0. The van der Waals surface area contributed by atoms with Crippen LogP contribution in [0.25, 0.3) is 0 Å². The quantitative estimate of drug-likeness (QED) is 0.281. The van der Waals surface area contributed by atoms with E-state index in [1.54, 1.807) is 0 Å². The van der Waals surface area contributed by atoms with Crippen LogP contribution in [-0.2, 0) is 47.7 Å². The molecule has 1 aliphatic heterocycles. The summed E-state index contributed by atoms with van der Waals surface area (Å²) in [6.07, 6.45) is -2.47. The van der Waals surface area contributed by atoms with E-state index in [4.69, 9.17) is 18.9 Å². The largest absolute Gasteiger partial charge is 0.477 e. The van der Waals surface area contributed by atoms with Gasteiger partial charge in [0, 0.05) is 27.7 Å². The summed E-state index contributed by atoms with van der Waals surface area (Å²) in [4.78, 5) is 57.7. The van der Waals surface area contributed by atoms with E-state index in [0.29, 0.717) is 0 Å². The number of halogens is 1. The summed E-state index contributed by atoms with van der Waals surface area (Å²) in [6, 6.07) is -0.851. The molecule has 1 heterocycles. The fourth-order valence-electron chi connectivity index (χ4n) is 2.73. The number of alkyl halides is 1. The molecule has 0 radical (unpaired) electrons. The van der Waals surface area contributed by atoms with Crippen LogP contribution < -0.4 is 5.32 Å². The van der Waals surface area contributed by atoms with E-state index in [-0.39, 0.29) is 5.76 Å². The van der Waals surface area contributed by atoms with E-state index in [1.807, 2.05) is 0 Å². The number of methoxy groups -OCH3 is 1. The van der Waals surface area contributed by atoms with Gasteiger partial charge >= 0.3 is 23.9 Å². The van der Waals surface area contributed by atoms with E-state index >= 15 is 0 Å². The maximum absolute atomic E-state index is 12.0. The van der Waals surface area contributed by atoms with Crippen LogP contribution in [0.4, 0.5) is 0 Å². The summed E-state index contributed by atoms with van der Waals surface area (Å²) in [5.74, 6) is -3.61. The van der Waals surface area contributed by atoms with Crippen LogP contribution in [0.1, 0.15) is 27.7 Å². The van der Waals surface area contributed by atoms with Crippen LogP contribution in [0.3, 0.4) is 0 Å². The highest BCUT2D eigenvalue weighted by molar-refractivity contribution is 9.09. The smallest absolute Gasteiger partial charge is 0.373 e. The summed E-state index contributed by atoms with van der Waals surface area (Å²) in [7, 11) is 1.15. The molecule has 168 valence electrons. The number of amides is 1. The van der Waals surface area contributed by atoms with Gasteiger partial charge < -0.3 is 29.0 Å². The fourth-order valence-corrected chi connectivity index (χ4v) is 3.40. The lowest BCUT2D eigenvalue weighted by Gasteiger charge is -2.40. The number of carbonyl (C=O) groups is 5. The average Bonchev–Trinajstić information content (AvgIpc) is 2.63. The molecule has 0 aromatic rings. The van der Waals surface area contributed by atoms with Crippen molar-refractivity contribution in [2.75, 3.05) is 13.7 Å². The molecule has 0 bridgehead atoms. The van der Waals surface area contributed by atoms with Crippen LogP contribution in [0.5, 0.6) is 0 Å². The summed E-state index contributed by atoms with van der Waals surface area (Å²) < 4.78 is 25.8. The van der Waals surface area contributed by atoms with Crippen molar-refractivity contribution in [2.24, 2.45) is 0 Å². The van der Waals surface area contributed by atoms with Crippen molar-refractivity contribution in [3.05, 3.63) is 11.8 Å². The van der Waals surface area contributed by atoms with Gasteiger partial charge in [-0.05, 0) is 6.08 Å². The van der Waals surface area contributed by atoms with Gasteiger partial charge in [-0.25, -0.2) is 4.79 Å². The third-order valence-corrected chi connectivity index (χ3v) is 4.62. The highest BCUT2D eigenvalue weighted by atomic mass is 79.9. The van der Waals surface area contributed by atoms with Crippen LogP contribution in [0, 0.1) is 0 Å². The first-order chi connectivity index (χ1) is 14.0. The van der Waals surface area contributed by atoms with E-state index in [0.717, 1.165) is 27.9 Å². The molecular weight excluding hydrogens is 470 g/mol.